The Balaban J connectivity index is 1.26. The van der Waals surface area contributed by atoms with E-state index in [9.17, 15) is 9.18 Å². The maximum atomic E-state index is 13.8. The van der Waals surface area contributed by atoms with Gasteiger partial charge in [0.05, 0.1) is 11.0 Å². The van der Waals surface area contributed by atoms with Crippen LogP contribution in [0.15, 0.2) is 42.5 Å². The summed E-state index contributed by atoms with van der Waals surface area (Å²) in [4.78, 5) is 20.5. The van der Waals surface area contributed by atoms with Crippen molar-refractivity contribution in [2.45, 2.75) is 38.6 Å². The van der Waals surface area contributed by atoms with Crippen LogP contribution in [0.2, 0.25) is 5.02 Å². The summed E-state index contributed by atoms with van der Waals surface area (Å²) in [7, 11) is 0. The lowest BCUT2D eigenvalue weighted by molar-refractivity contribution is -0.126. The summed E-state index contributed by atoms with van der Waals surface area (Å²) in [6, 6.07) is 12.6. The number of rotatable bonds is 5. The number of carbonyl (C=O) groups excluding carboxylic acids is 1. The lowest BCUT2D eigenvalue weighted by Gasteiger charge is -2.27. The number of aromatic amines is 1. The maximum absolute atomic E-state index is 13.8. The van der Waals surface area contributed by atoms with E-state index in [0.717, 1.165) is 49.0 Å². The lowest BCUT2D eigenvalue weighted by atomic mass is 9.80. The number of nitrogens with zero attached hydrogens (tertiary/aromatic N) is 1. The van der Waals surface area contributed by atoms with Crippen molar-refractivity contribution in [1.29, 1.82) is 0 Å². The molecule has 28 heavy (non-hydrogen) atoms. The molecule has 0 unspecified atom stereocenters. The van der Waals surface area contributed by atoms with Crippen LogP contribution in [0, 0.1) is 17.7 Å². The molecule has 4 rings (SSSR count). The molecule has 0 radical (unpaired) electrons. The molecule has 146 valence electrons. The van der Waals surface area contributed by atoms with Crippen LogP contribution >= 0.6 is 11.6 Å². The van der Waals surface area contributed by atoms with E-state index in [1.807, 2.05) is 24.3 Å². The minimum Gasteiger partial charge on any atom is -0.352 e. The first-order valence-corrected chi connectivity index (χ1v) is 10.1. The molecule has 1 fully saturated rings. The summed E-state index contributed by atoms with van der Waals surface area (Å²) in [5, 5.41) is 3.23. The number of nitrogens with one attached hydrogen (secondary N) is 2. The third kappa shape index (κ3) is 4.36. The van der Waals surface area contributed by atoms with Gasteiger partial charge in [0, 0.05) is 29.5 Å². The summed E-state index contributed by atoms with van der Waals surface area (Å²) >= 11 is 5.76. The molecule has 4 nitrogen and oxygen atoms in total. The fraction of sp³-hybridized carbons (Fsp3) is 0.364. The number of benzene rings is 2. The van der Waals surface area contributed by atoms with Gasteiger partial charge in [-0.15, -0.1) is 0 Å². The minimum atomic E-state index is -0.387. The lowest BCUT2D eigenvalue weighted by Crippen LogP contribution is -2.33. The van der Waals surface area contributed by atoms with Crippen molar-refractivity contribution in [2.24, 2.45) is 11.8 Å². The third-order valence-electron chi connectivity index (χ3n) is 5.61. The highest BCUT2D eigenvalue weighted by molar-refractivity contribution is 6.30. The third-order valence-corrected chi connectivity index (χ3v) is 5.84. The summed E-state index contributed by atoms with van der Waals surface area (Å²) in [6.45, 7) is 0.195. The highest BCUT2D eigenvalue weighted by atomic mass is 35.5. The number of imidazole rings is 1. The molecule has 0 spiro atoms. The SMILES string of the molecule is O=C(NCc1ccc(Cl)cc1F)[C@H]1CC[C@@H](Cc2nc3ccccc3[nH]2)CC1. The second kappa shape index (κ2) is 8.31. The molecule has 6 heteroatoms. The first-order chi connectivity index (χ1) is 13.6. The minimum absolute atomic E-state index is 0.00212. The van der Waals surface area contributed by atoms with E-state index in [0.29, 0.717) is 16.5 Å². The van der Waals surface area contributed by atoms with Gasteiger partial charge < -0.3 is 10.3 Å². The Labute approximate surface area is 168 Å². The van der Waals surface area contributed by atoms with Crippen molar-refractivity contribution >= 4 is 28.5 Å². The van der Waals surface area contributed by atoms with Gasteiger partial charge in [-0.05, 0) is 55.9 Å². The highest BCUT2D eigenvalue weighted by Gasteiger charge is 2.27. The molecule has 3 aromatic rings. The van der Waals surface area contributed by atoms with Crippen LogP contribution in [-0.2, 0) is 17.8 Å². The molecule has 1 aliphatic carbocycles. The van der Waals surface area contributed by atoms with E-state index < -0.39 is 0 Å². The molecule has 0 atom stereocenters. The zero-order valence-corrected chi connectivity index (χ0v) is 16.3. The maximum Gasteiger partial charge on any atom is 0.223 e. The Bertz CT molecular complexity index is 946. The van der Waals surface area contributed by atoms with Gasteiger partial charge in [-0.1, -0.05) is 29.8 Å². The van der Waals surface area contributed by atoms with Crippen molar-refractivity contribution in [2.75, 3.05) is 0 Å². The van der Waals surface area contributed by atoms with Crippen molar-refractivity contribution < 1.29 is 9.18 Å². The van der Waals surface area contributed by atoms with Crippen molar-refractivity contribution in [3.05, 3.63) is 64.7 Å². The number of amides is 1. The molecular weight excluding hydrogens is 377 g/mol. The molecule has 1 heterocycles. The molecule has 1 aliphatic rings. The predicted octanol–water partition coefficient (Wildman–Crippen LogP) is 5.02. The average Bonchev–Trinajstić information content (AvgIpc) is 3.10. The molecule has 1 amide bonds. The van der Waals surface area contributed by atoms with Crippen LogP contribution in [0.3, 0.4) is 0 Å². The van der Waals surface area contributed by atoms with Crippen LogP contribution in [0.1, 0.15) is 37.1 Å². The van der Waals surface area contributed by atoms with Crippen LogP contribution in [-0.4, -0.2) is 15.9 Å². The number of hydrogen-bond donors (Lipinski definition) is 2. The number of H-pyrrole nitrogens is 1. The second-order valence-corrected chi connectivity index (χ2v) is 8.01. The summed E-state index contributed by atoms with van der Waals surface area (Å²) in [5.74, 6) is 1.19. The Morgan fingerprint density at radius 2 is 1.96 bits per heavy atom. The van der Waals surface area contributed by atoms with Crippen molar-refractivity contribution in [3.63, 3.8) is 0 Å². The largest absolute Gasteiger partial charge is 0.352 e. The van der Waals surface area contributed by atoms with Crippen LogP contribution in [0.5, 0.6) is 0 Å². The Morgan fingerprint density at radius 1 is 1.18 bits per heavy atom. The predicted molar refractivity (Wildman–Crippen MR) is 109 cm³/mol. The molecule has 0 bridgehead atoms. The second-order valence-electron chi connectivity index (χ2n) is 7.58. The normalized spacial score (nSPS) is 19.6. The van der Waals surface area contributed by atoms with Gasteiger partial charge in [0.15, 0.2) is 0 Å². The highest BCUT2D eigenvalue weighted by Crippen LogP contribution is 2.31. The Hall–Kier alpha value is -2.40. The molecular formula is C22H23ClFN3O. The number of aromatic nitrogens is 2. The number of hydrogen-bond acceptors (Lipinski definition) is 2. The summed E-state index contributed by atoms with van der Waals surface area (Å²) in [6.07, 6.45) is 4.65. The van der Waals surface area contributed by atoms with Crippen molar-refractivity contribution in [3.8, 4) is 0 Å². The van der Waals surface area contributed by atoms with Crippen LogP contribution in [0.4, 0.5) is 4.39 Å². The molecule has 0 aliphatic heterocycles. The average molecular weight is 400 g/mol. The number of halogens is 2. The van der Waals surface area contributed by atoms with E-state index in [4.69, 9.17) is 11.6 Å². The zero-order valence-electron chi connectivity index (χ0n) is 15.6. The van der Waals surface area contributed by atoms with E-state index in [2.05, 4.69) is 15.3 Å². The molecule has 0 saturated heterocycles. The van der Waals surface area contributed by atoms with Crippen LogP contribution in [0.25, 0.3) is 11.0 Å². The quantitative estimate of drug-likeness (QED) is 0.632. The van der Waals surface area contributed by atoms with Gasteiger partial charge in [-0.25, -0.2) is 9.37 Å². The topological polar surface area (TPSA) is 57.8 Å². The zero-order chi connectivity index (χ0) is 19.5. The number of fused-ring (bicyclic) bond motifs is 1. The van der Waals surface area contributed by atoms with E-state index in [-0.39, 0.29) is 24.2 Å². The van der Waals surface area contributed by atoms with E-state index >= 15 is 0 Å². The molecule has 2 N–H and O–H groups in total. The first-order valence-electron chi connectivity index (χ1n) is 9.74. The first kappa shape index (κ1) is 18.9. The number of carbonyl (C=O) groups is 1. The number of para-hydroxylation sites is 2. The van der Waals surface area contributed by atoms with E-state index in [1.165, 1.54) is 6.07 Å². The van der Waals surface area contributed by atoms with Gasteiger partial charge in [0.2, 0.25) is 5.91 Å². The fourth-order valence-electron chi connectivity index (χ4n) is 4.00. The molecule has 1 aromatic heterocycles. The van der Waals surface area contributed by atoms with Gasteiger partial charge in [-0.3, -0.25) is 4.79 Å². The summed E-state index contributed by atoms with van der Waals surface area (Å²) in [5.41, 5.74) is 2.52. The van der Waals surface area contributed by atoms with Crippen molar-refractivity contribution in [1.82, 2.24) is 15.3 Å². The monoisotopic (exact) mass is 399 g/mol. The van der Waals surface area contributed by atoms with E-state index in [1.54, 1.807) is 12.1 Å². The molecule has 2 aromatic carbocycles. The van der Waals surface area contributed by atoms with Gasteiger partial charge >= 0.3 is 0 Å². The Kier molecular flexibility index (Phi) is 5.62. The Morgan fingerprint density at radius 3 is 2.71 bits per heavy atom. The molecule has 1 saturated carbocycles. The summed E-state index contributed by atoms with van der Waals surface area (Å²) < 4.78 is 13.8. The fourth-order valence-corrected chi connectivity index (χ4v) is 4.16. The van der Waals surface area contributed by atoms with Gasteiger partial charge in [0.25, 0.3) is 0 Å². The van der Waals surface area contributed by atoms with Crippen LogP contribution < -0.4 is 5.32 Å². The smallest absolute Gasteiger partial charge is 0.223 e. The standard InChI is InChI=1S/C22H23ClFN3O/c23-17-10-9-16(18(24)12-17)13-25-22(28)15-7-5-14(6-8-15)11-21-26-19-3-1-2-4-20(19)27-21/h1-4,9-10,12,14-15H,5-8,11,13H2,(H,25,28)(H,26,27)/t14-,15+. The van der Waals surface area contributed by atoms with Gasteiger partial charge in [0.1, 0.15) is 11.6 Å². The van der Waals surface area contributed by atoms with Gasteiger partial charge in [-0.2, -0.15) is 0 Å².